The van der Waals surface area contributed by atoms with Gasteiger partial charge in [0.25, 0.3) is 0 Å². The minimum atomic E-state index is -0.730. The Labute approximate surface area is 183 Å². The van der Waals surface area contributed by atoms with Gasteiger partial charge in [0, 0.05) is 26.0 Å². The molecule has 2 N–H and O–H groups in total. The molecule has 0 spiro atoms. The standard InChI is InChI=1S/C23H28FN3O2.ClH/c1-15-10-16(2)17(3)21(11-15)29-14-20(28)13-26-22(23-25-8-9-27(23)4)18-6-5-7-19(24)12-18;/h5-12,20,22,26,28H,13-14H2,1-4H3;1H. The Morgan fingerprint density at radius 2 is 1.97 bits per heavy atom. The van der Waals surface area contributed by atoms with Crippen molar-refractivity contribution in [3.8, 4) is 5.75 Å². The number of benzene rings is 2. The molecule has 0 aliphatic carbocycles. The van der Waals surface area contributed by atoms with E-state index in [2.05, 4.69) is 16.4 Å². The van der Waals surface area contributed by atoms with Crippen molar-refractivity contribution in [2.24, 2.45) is 7.05 Å². The van der Waals surface area contributed by atoms with Crippen molar-refractivity contribution < 1.29 is 14.2 Å². The second-order valence-electron chi connectivity index (χ2n) is 7.46. The quantitative estimate of drug-likeness (QED) is 0.563. The third-order valence-corrected chi connectivity index (χ3v) is 5.05. The Balaban J connectivity index is 0.00000320. The third kappa shape index (κ3) is 5.81. The van der Waals surface area contributed by atoms with Gasteiger partial charge in [0.15, 0.2) is 0 Å². The van der Waals surface area contributed by atoms with Gasteiger partial charge in [-0.15, -0.1) is 12.4 Å². The zero-order chi connectivity index (χ0) is 21.0. The summed E-state index contributed by atoms with van der Waals surface area (Å²) in [6.45, 7) is 6.51. The normalized spacial score (nSPS) is 12.9. The molecule has 2 aromatic carbocycles. The summed E-state index contributed by atoms with van der Waals surface area (Å²) in [6.07, 6.45) is 2.81. The number of hydrogen-bond acceptors (Lipinski definition) is 4. The first kappa shape index (κ1) is 23.9. The number of halogens is 2. The largest absolute Gasteiger partial charge is 0.491 e. The molecule has 7 heteroatoms. The lowest BCUT2D eigenvalue weighted by molar-refractivity contribution is 0.104. The predicted molar refractivity (Wildman–Crippen MR) is 119 cm³/mol. The number of imidazole rings is 1. The molecule has 3 aromatic rings. The van der Waals surface area contributed by atoms with Crippen LogP contribution in [-0.2, 0) is 7.05 Å². The maximum absolute atomic E-state index is 13.8. The Morgan fingerprint density at radius 1 is 1.20 bits per heavy atom. The first-order valence-electron chi connectivity index (χ1n) is 9.70. The molecule has 0 amide bonds. The number of nitrogens with one attached hydrogen (secondary N) is 1. The summed E-state index contributed by atoms with van der Waals surface area (Å²) in [5.74, 6) is 1.22. The Hall–Kier alpha value is -2.41. The van der Waals surface area contributed by atoms with Gasteiger partial charge in [-0.2, -0.15) is 0 Å². The van der Waals surface area contributed by atoms with Crippen LogP contribution in [0.2, 0.25) is 0 Å². The molecular formula is C23H29ClFN3O2. The van der Waals surface area contributed by atoms with Gasteiger partial charge in [-0.1, -0.05) is 18.2 Å². The van der Waals surface area contributed by atoms with Crippen molar-refractivity contribution in [2.75, 3.05) is 13.2 Å². The van der Waals surface area contributed by atoms with Crippen LogP contribution in [0.25, 0.3) is 0 Å². The first-order valence-corrected chi connectivity index (χ1v) is 9.70. The van der Waals surface area contributed by atoms with Crippen molar-refractivity contribution in [1.29, 1.82) is 0 Å². The van der Waals surface area contributed by atoms with Crippen molar-refractivity contribution in [3.63, 3.8) is 0 Å². The summed E-state index contributed by atoms with van der Waals surface area (Å²) in [6, 6.07) is 10.1. The molecule has 2 unspecified atom stereocenters. The average Bonchev–Trinajstić information content (AvgIpc) is 3.09. The van der Waals surface area contributed by atoms with E-state index in [-0.39, 0.29) is 37.4 Å². The zero-order valence-corrected chi connectivity index (χ0v) is 18.5. The molecule has 1 aromatic heterocycles. The fourth-order valence-electron chi connectivity index (χ4n) is 3.35. The molecular weight excluding hydrogens is 405 g/mol. The maximum Gasteiger partial charge on any atom is 0.130 e. The van der Waals surface area contributed by atoms with Crippen LogP contribution >= 0.6 is 12.4 Å². The van der Waals surface area contributed by atoms with Crippen LogP contribution in [0.15, 0.2) is 48.8 Å². The molecule has 3 rings (SSSR count). The van der Waals surface area contributed by atoms with E-state index in [1.165, 1.54) is 12.1 Å². The van der Waals surface area contributed by atoms with Crippen LogP contribution in [0.1, 0.15) is 34.1 Å². The highest BCUT2D eigenvalue weighted by atomic mass is 35.5. The first-order chi connectivity index (χ1) is 13.8. The van der Waals surface area contributed by atoms with E-state index in [9.17, 15) is 9.50 Å². The van der Waals surface area contributed by atoms with Gasteiger partial charge in [-0.05, 0) is 61.2 Å². The summed E-state index contributed by atoms with van der Waals surface area (Å²) in [7, 11) is 1.89. The van der Waals surface area contributed by atoms with Gasteiger partial charge < -0.3 is 19.7 Å². The molecule has 2 atom stereocenters. The molecule has 1 heterocycles. The van der Waals surface area contributed by atoms with Crippen molar-refractivity contribution in [2.45, 2.75) is 32.9 Å². The minimum absolute atomic E-state index is 0. The van der Waals surface area contributed by atoms with Crippen LogP contribution in [-0.4, -0.2) is 33.9 Å². The predicted octanol–water partition coefficient (Wildman–Crippen LogP) is 4.03. The number of aryl methyl sites for hydroxylation is 3. The second-order valence-corrected chi connectivity index (χ2v) is 7.46. The zero-order valence-electron chi connectivity index (χ0n) is 17.7. The topological polar surface area (TPSA) is 59.3 Å². The van der Waals surface area contributed by atoms with E-state index in [1.54, 1.807) is 12.3 Å². The van der Waals surface area contributed by atoms with E-state index in [0.29, 0.717) is 0 Å². The fourth-order valence-corrected chi connectivity index (χ4v) is 3.35. The van der Waals surface area contributed by atoms with E-state index in [0.717, 1.165) is 33.8 Å². The van der Waals surface area contributed by atoms with Gasteiger partial charge in [0.1, 0.15) is 30.1 Å². The van der Waals surface area contributed by atoms with Crippen molar-refractivity contribution in [3.05, 3.63) is 82.7 Å². The van der Waals surface area contributed by atoms with Crippen molar-refractivity contribution in [1.82, 2.24) is 14.9 Å². The van der Waals surface area contributed by atoms with Gasteiger partial charge in [-0.3, -0.25) is 0 Å². The van der Waals surface area contributed by atoms with Crippen LogP contribution in [0.4, 0.5) is 4.39 Å². The van der Waals surface area contributed by atoms with Gasteiger partial charge in [0.05, 0.1) is 6.04 Å². The molecule has 5 nitrogen and oxygen atoms in total. The average molecular weight is 434 g/mol. The van der Waals surface area contributed by atoms with Gasteiger partial charge >= 0.3 is 0 Å². The van der Waals surface area contributed by atoms with Crippen molar-refractivity contribution >= 4 is 12.4 Å². The number of ether oxygens (including phenoxy) is 1. The van der Waals surface area contributed by atoms with Crippen LogP contribution in [0.3, 0.4) is 0 Å². The lowest BCUT2D eigenvalue weighted by Crippen LogP contribution is -2.35. The van der Waals surface area contributed by atoms with E-state index >= 15 is 0 Å². The highest BCUT2D eigenvalue weighted by Gasteiger charge is 2.20. The van der Waals surface area contributed by atoms with E-state index in [1.807, 2.05) is 50.7 Å². The highest BCUT2D eigenvalue weighted by molar-refractivity contribution is 5.85. The molecule has 0 fully saturated rings. The number of aliphatic hydroxyl groups is 1. The third-order valence-electron chi connectivity index (χ3n) is 5.05. The second kappa shape index (κ2) is 10.6. The minimum Gasteiger partial charge on any atom is -0.491 e. The van der Waals surface area contributed by atoms with Crippen LogP contribution < -0.4 is 10.1 Å². The molecule has 30 heavy (non-hydrogen) atoms. The van der Waals surface area contributed by atoms with Gasteiger partial charge in [0.2, 0.25) is 0 Å². The summed E-state index contributed by atoms with van der Waals surface area (Å²) < 4.78 is 21.5. The molecule has 0 saturated heterocycles. The summed E-state index contributed by atoms with van der Waals surface area (Å²) in [5, 5.41) is 13.8. The molecule has 162 valence electrons. The smallest absolute Gasteiger partial charge is 0.130 e. The Kier molecular flexibility index (Phi) is 8.41. The molecule has 0 aliphatic rings. The Bertz CT molecular complexity index is 977. The molecule has 0 radical (unpaired) electrons. The van der Waals surface area contributed by atoms with Crippen LogP contribution in [0.5, 0.6) is 5.75 Å². The molecule has 0 saturated carbocycles. The number of aromatic nitrogens is 2. The Morgan fingerprint density at radius 3 is 2.63 bits per heavy atom. The van der Waals surface area contributed by atoms with E-state index in [4.69, 9.17) is 4.74 Å². The number of nitrogens with zero attached hydrogens (tertiary/aromatic N) is 2. The van der Waals surface area contributed by atoms with Gasteiger partial charge in [-0.25, -0.2) is 9.37 Å². The number of aliphatic hydroxyl groups excluding tert-OH is 1. The molecule has 0 aliphatic heterocycles. The van der Waals surface area contributed by atoms with E-state index < -0.39 is 6.10 Å². The lowest BCUT2D eigenvalue weighted by atomic mass is 10.1. The maximum atomic E-state index is 13.8. The molecule has 0 bridgehead atoms. The lowest BCUT2D eigenvalue weighted by Gasteiger charge is -2.22. The monoisotopic (exact) mass is 433 g/mol. The summed E-state index contributed by atoms with van der Waals surface area (Å²) >= 11 is 0. The van der Waals surface area contributed by atoms with Crippen LogP contribution in [0, 0.1) is 26.6 Å². The SMILES string of the molecule is Cc1cc(C)c(C)c(OCC(O)CNC(c2cccc(F)c2)c2nccn2C)c1.Cl. The highest BCUT2D eigenvalue weighted by Crippen LogP contribution is 2.24. The summed E-state index contributed by atoms with van der Waals surface area (Å²) in [4.78, 5) is 4.39. The summed E-state index contributed by atoms with van der Waals surface area (Å²) in [5.41, 5.74) is 4.10. The number of hydrogen-bond donors (Lipinski definition) is 2. The number of rotatable bonds is 8. The fraction of sp³-hybridized carbons (Fsp3) is 0.348.